The summed E-state index contributed by atoms with van der Waals surface area (Å²) in [5, 5.41) is 14.8. The van der Waals surface area contributed by atoms with Crippen LogP contribution in [0.15, 0.2) is 48.5 Å². The number of rotatable bonds is 5. The Bertz CT molecular complexity index is 632. The highest BCUT2D eigenvalue weighted by atomic mass is 19.1. The Morgan fingerprint density at radius 1 is 1.23 bits per heavy atom. The number of benzene rings is 2. The maximum Gasteiger partial charge on any atom is 0.315 e. The van der Waals surface area contributed by atoms with Gasteiger partial charge in [0, 0.05) is 6.54 Å². The Kier molecular flexibility index (Phi) is 5.49. The van der Waals surface area contributed by atoms with Gasteiger partial charge in [0.05, 0.1) is 12.6 Å². The molecule has 22 heavy (non-hydrogen) atoms. The molecule has 1 atom stereocenters. The molecule has 2 aromatic carbocycles. The van der Waals surface area contributed by atoms with Crippen molar-refractivity contribution in [3.63, 3.8) is 0 Å². The summed E-state index contributed by atoms with van der Waals surface area (Å²) in [7, 11) is 0. The van der Waals surface area contributed by atoms with Crippen LogP contribution in [0.1, 0.15) is 22.7 Å². The van der Waals surface area contributed by atoms with Crippen molar-refractivity contribution in [2.24, 2.45) is 0 Å². The molecule has 2 aromatic rings. The first-order chi connectivity index (χ1) is 10.6. The molecule has 0 fully saturated rings. The van der Waals surface area contributed by atoms with Crippen LogP contribution in [0.25, 0.3) is 0 Å². The van der Waals surface area contributed by atoms with E-state index in [0.717, 1.165) is 11.1 Å². The summed E-state index contributed by atoms with van der Waals surface area (Å²) in [6.45, 7) is 1.78. The summed E-state index contributed by atoms with van der Waals surface area (Å²) in [6, 6.07) is 13.1. The van der Waals surface area contributed by atoms with Crippen LogP contribution < -0.4 is 10.6 Å². The van der Waals surface area contributed by atoms with Crippen LogP contribution >= 0.6 is 0 Å². The molecular weight excluding hydrogens is 283 g/mol. The normalized spacial score (nSPS) is 11.8. The lowest BCUT2D eigenvalue weighted by Crippen LogP contribution is -2.38. The van der Waals surface area contributed by atoms with Gasteiger partial charge in [-0.2, -0.15) is 0 Å². The number of aliphatic hydroxyl groups excluding tert-OH is 1. The van der Waals surface area contributed by atoms with Gasteiger partial charge >= 0.3 is 6.03 Å². The molecule has 0 saturated carbocycles. The standard InChI is InChI=1S/C17H19FN2O2/c1-12-9-13(7-8-15(12)18)10-19-17(22)20-16(11-21)14-5-3-2-4-6-14/h2-9,16,21H,10-11H2,1H3,(H2,19,20,22). The van der Waals surface area contributed by atoms with E-state index in [2.05, 4.69) is 10.6 Å². The number of aliphatic hydroxyl groups is 1. The zero-order valence-electron chi connectivity index (χ0n) is 12.3. The van der Waals surface area contributed by atoms with Crippen molar-refractivity contribution >= 4 is 6.03 Å². The van der Waals surface area contributed by atoms with Crippen LogP contribution in [-0.2, 0) is 6.54 Å². The number of aryl methyl sites for hydroxylation is 1. The first-order valence-electron chi connectivity index (χ1n) is 7.05. The quantitative estimate of drug-likeness (QED) is 0.795. The van der Waals surface area contributed by atoms with Crippen LogP contribution in [0.2, 0.25) is 0 Å². The Hall–Kier alpha value is -2.40. The Morgan fingerprint density at radius 3 is 2.59 bits per heavy atom. The third-order valence-electron chi connectivity index (χ3n) is 3.37. The molecule has 2 rings (SSSR count). The zero-order valence-corrected chi connectivity index (χ0v) is 12.3. The van der Waals surface area contributed by atoms with Crippen molar-refractivity contribution in [1.29, 1.82) is 0 Å². The molecule has 116 valence electrons. The lowest BCUT2D eigenvalue weighted by Gasteiger charge is -2.17. The topological polar surface area (TPSA) is 61.4 Å². The van der Waals surface area contributed by atoms with Crippen LogP contribution in [0.5, 0.6) is 0 Å². The first-order valence-corrected chi connectivity index (χ1v) is 7.05. The predicted molar refractivity (Wildman–Crippen MR) is 82.8 cm³/mol. The van der Waals surface area contributed by atoms with Gasteiger partial charge in [-0.3, -0.25) is 0 Å². The summed E-state index contributed by atoms with van der Waals surface area (Å²) in [5.41, 5.74) is 2.18. The van der Waals surface area contributed by atoms with E-state index in [1.165, 1.54) is 6.07 Å². The molecule has 0 heterocycles. The number of carbonyl (C=O) groups is 1. The average Bonchev–Trinajstić information content (AvgIpc) is 2.54. The van der Waals surface area contributed by atoms with Gasteiger partial charge in [-0.15, -0.1) is 0 Å². The van der Waals surface area contributed by atoms with E-state index in [9.17, 15) is 14.3 Å². The number of hydrogen-bond acceptors (Lipinski definition) is 2. The summed E-state index contributed by atoms with van der Waals surface area (Å²) in [6.07, 6.45) is 0. The average molecular weight is 302 g/mol. The van der Waals surface area contributed by atoms with E-state index in [-0.39, 0.29) is 18.5 Å². The van der Waals surface area contributed by atoms with E-state index in [0.29, 0.717) is 12.1 Å². The highest BCUT2D eigenvalue weighted by Crippen LogP contribution is 2.12. The SMILES string of the molecule is Cc1cc(CNC(=O)NC(CO)c2ccccc2)ccc1F. The number of nitrogens with one attached hydrogen (secondary N) is 2. The van der Waals surface area contributed by atoms with E-state index in [1.807, 2.05) is 30.3 Å². The van der Waals surface area contributed by atoms with E-state index in [4.69, 9.17) is 0 Å². The number of amides is 2. The lowest BCUT2D eigenvalue weighted by molar-refractivity contribution is 0.216. The molecule has 0 aromatic heterocycles. The van der Waals surface area contributed by atoms with E-state index in [1.54, 1.807) is 19.1 Å². The van der Waals surface area contributed by atoms with Crippen LogP contribution in [-0.4, -0.2) is 17.7 Å². The van der Waals surface area contributed by atoms with Gasteiger partial charge in [0.2, 0.25) is 0 Å². The maximum atomic E-state index is 13.2. The van der Waals surface area contributed by atoms with Gasteiger partial charge in [-0.05, 0) is 29.7 Å². The van der Waals surface area contributed by atoms with Crippen molar-refractivity contribution in [2.75, 3.05) is 6.61 Å². The number of urea groups is 1. The second-order valence-electron chi connectivity index (χ2n) is 5.06. The highest BCUT2D eigenvalue weighted by Gasteiger charge is 2.12. The van der Waals surface area contributed by atoms with Crippen molar-refractivity contribution in [3.05, 3.63) is 71.0 Å². The molecule has 5 heteroatoms. The van der Waals surface area contributed by atoms with Gasteiger partial charge < -0.3 is 15.7 Å². The number of hydrogen-bond donors (Lipinski definition) is 3. The minimum absolute atomic E-state index is 0.187. The molecule has 0 aliphatic rings. The molecule has 0 spiro atoms. The summed E-state index contributed by atoms with van der Waals surface area (Å²) in [4.78, 5) is 11.9. The second-order valence-corrected chi connectivity index (χ2v) is 5.06. The summed E-state index contributed by atoms with van der Waals surface area (Å²) in [5.74, 6) is -0.266. The minimum atomic E-state index is -0.462. The molecule has 3 N–H and O–H groups in total. The van der Waals surface area contributed by atoms with Gasteiger partial charge in [0.25, 0.3) is 0 Å². The maximum absolute atomic E-state index is 13.2. The van der Waals surface area contributed by atoms with Gasteiger partial charge in [-0.1, -0.05) is 42.5 Å². The minimum Gasteiger partial charge on any atom is -0.394 e. The number of halogens is 1. The first kappa shape index (κ1) is 16.0. The Morgan fingerprint density at radius 2 is 1.95 bits per heavy atom. The predicted octanol–water partition coefficient (Wildman–Crippen LogP) is 2.67. The smallest absolute Gasteiger partial charge is 0.315 e. The fourth-order valence-corrected chi connectivity index (χ4v) is 2.13. The summed E-state index contributed by atoms with van der Waals surface area (Å²) < 4.78 is 13.2. The summed E-state index contributed by atoms with van der Waals surface area (Å²) >= 11 is 0. The molecular formula is C17H19FN2O2. The van der Waals surface area contributed by atoms with Crippen molar-refractivity contribution < 1.29 is 14.3 Å². The van der Waals surface area contributed by atoms with Crippen LogP contribution in [0.4, 0.5) is 9.18 Å². The fraction of sp³-hybridized carbons (Fsp3) is 0.235. The third-order valence-corrected chi connectivity index (χ3v) is 3.37. The fourth-order valence-electron chi connectivity index (χ4n) is 2.13. The molecule has 2 amide bonds. The van der Waals surface area contributed by atoms with E-state index < -0.39 is 6.04 Å². The van der Waals surface area contributed by atoms with Gasteiger partial charge in [0.15, 0.2) is 0 Å². The van der Waals surface area contributed by atoms with Gasteiger partial charge in [-0.25, -0.2) is 9.18 Å². The van der Waals surface area contributed by atoms with Crippen molar-refractivity contribution in [3.8, 4) is 0 Å². The zero-order chi connectivity index (χ0) is 15.9. The van der Waals surface area contributed by atoms with Crippen molar-refractivity contribution in [1.82, 2.24) is 10.6 Å². The molecule has 0 radical (unpaired) electrons. The number of carbonyl (C=O) groups excluding carboxylic acids is 1. The largest absolute Gasteiger partial charge is 0.394 e. The molecule has 0 bridgehead atoms. The lowest BCUT2D eigenvalue weighted by atomic mass is 10.1. The second kappa shape index (κ2) is 7.56. The monoisotopic (exact) mass is 302 g/mol. The Balaban J connectivity index is 1.90. The molecule has 1 unspecified atom stereocenters. The van der Waals surface area contributed by atoms with Crippen LogP contribution in [0.3, 0.4) is 0 Å². The van der Waals surface area contributed by atoms with Crippen LogP contribution in [0, 0.1) is 12.7 Å². The van der Waals surface area contributed by atoms with E-state index >= 15 is 0 Å². The Labute approximate surface area is 129 Å². The van der Waals surface area contributed by atoms with Crippen molar-refractivity contribution in [2.45, 2.75) is 19.5 Å². The molecule has 0 saturated heterocycles. The molecule has 0 aliphatic heterocycles. The molecule has 4 nitrogen and oxygen atoms in total. The molecule has 0 aliphatic carbocycles. The highest BCUT2D eigenvalue weighted by molar-refractivity contribution is 5.74. The van der Waals surface area contributed by atoms with Gasteiger partial charge in [0.1, 0.15) is 5.82 Å². The third kappa shape index (κ3) is 4.30.